The topological polar surface area (TPSA) is 15.3 Å². The average molecular weight is 305 g/mol. The molecule has 0 aliphatic carbocycles. The van der Waals surface area contributed by atoms with Crippen LogP contribution in [0.5, 0.6) is 0 Å². The molecule has 1 N–H and O–H groups in total. The van der Waals surface area contributed by atoms with Gasteiger partial charge in [0.25, 0.3) is 0 Å². The number of hydrogen-bond donors (Lipinski definition) is 1. The zero-order valence-corrected chi connectivity index (χ0v) is 12.9. The van der Waals surface area contributed by atoms with E-state index in [0.717, 1.165) is 32.6 Å². The fourth-order valence-electron chi connectivity index (χ4n) is 2.68. The molecule has 0 amide bonds. The van der Waals surface area contributed by atoms with Gasteiger partial charge >= 0.3 is 0 Å². The molecule has 0 aromatic heterocycles. The molecule has 1 aliphatic rings. The number of benzene rings is 1. The average Bonchev–Trinajstić information content (AvgIpc) is 2.40. The van der Waals surface area contributed by atoms with Gasteiger partial charge in [0.05, 0.1) is 0 Å². The second kappa shape index (κ2) is 7.91. The van der Waals surface area contributed by atoms with E-state index in [1.54, 1.807) is 0 Å². The molecule has 1 aromatic rings. The number of nitrogens with one attached hydrogen (secondary N) is 1. The van der Waals surface area contributed by atoms with Gasteiger partial charge in [-0.25, -0.2) is 8.78 Å². The number of halogens is 3. The highest BCUT2D eigenvalue weighted by Crippen LogP contribution is 2.30. The third-order valence-corrected chi connectivity index (χ3v) is 3.60. The molecular formula is C15H23ClF2N2. The van der Waals surface area contributed by atoms with E-state index in [4.69, 9.17) is 0 Å². The fourth-order valence-corrected chi connectivity index (χ4v) is 2.68. The van der Waals surface area contributed by atoms with Crippen LogP contribution in [0.4, 0.5) is 8.78 Å². The molecule has 1 aromatic carbocycles. The largest absolute Gasteiger partial charge is 0.314 e. The summed E-state index contributed by atoms with van der Waals surface area (Å²) in [5.74, 6) is -0.214. The molecule has 20 heavy (non-hydrogen) atoms. The van der Waals surface area contributed by atoms with Gasteiger partial charge in [0.1, 0.15) is 11.6 Å². The molecule has 0 unspecified atom stereocenters. The first-order valence-corrected chi connectivity index (χ1v) is 6.97. The number of rotatable bonds is 4. The summed E-state index contributed by atoms with van der Waals surface area (Å²) >= 11 is 0. The first-order valence-electron chi connectivity index (χ1n) is 6.97. The Morgan fingerprint density at radius 3 is 2.45 bits per heavy atom. The smallest absolute Gasteiger partial charge is 0.128 e. The molecule has 0 radical (unpaired) electrons. The molecule has 114 valence electrons. The highest BCUT2D eigenvalue weighted by atomic mass is 35.5. The SMILES string of the molecule is CC(C)C[C@@H](c1cc(F)ccc1F)N1CCNCC1.Cl. The lowest BCUT2D eigenvalue weighted by molar-refractivity contribution is 0.150. The van der Waals surface area contributed by atoms with E-state index < -0.39 is 0 Å². The van der Waals surface area contributed by atoms with Gasteiger partial charge in [-0.3, -0.25) is 4.90 Å². The Balaban J connectivity index is 0.00000200. The van der Waals surface area contributed by atoms with E-state index in [1.807, 2.05) is 0 Å². The first-order chi connectivity index (χ1) is 9.08. The first kappa shape index (κ1) is 17.3. The number of hydrogen-bond acceptors (Lipinski definition) is 2. The Labute approximate surface area is 126 Å². The van der Waals surface area contributed by atoms with E-state index in [2.05, 4.69) is 24.1 Å². The summed E-state index contributed by atoms with van der Waals surface area (Å²) in [6.45, 7) is 7.82. The maximum absolute atomic E-state index is 14.0. The second-order valence-electron chi connectivity index (χ2n) is 5.60. The minimum Gasteiger partial charge on any atom is -0.314 e. The molecule has 2 rings (SSSR count). The van der Waals surface area contributed by atoms with Gasteiger partial charge < -0.3 is 5.32 Å². The third-order valence-electron chi connectivity index (χ3n) is 3.60. The Morgan fingerprint density at radius 2 is 1.85 bits per heavy atom. The van der Waals surface area contributed by atoms with E-state index in [-0.39, 0.29) is 30.1 Å². The van der Waals surface area contributed by atoms with Gasteiger partial charge in [0.15, 0.2) is 0 Å². The van der Waals surface area contributed by atoms with Crippen LogP contribution < -0.4 is 5.32 Å². The van der Waals surface area contributed by atoms with Crippen molar-refractivity contribution >= 4 is 12.4 Å². The number of nitrogens with zero attached hydrogens (tertiary/aromatic N) is 1. The van der Waals surface area contributed by atoms with E-state index in [0.29, 0.717) is 11.5 Å². The van der Waals surface area contributed by atoms with E-state index in [1.165, 1.54) is 18.2 Å². The predicted octanol–water partition coefficient (Wildman–Crippen LogP) is 3.38. The maximum atomic E-state index is 14.0. The Bertz CT molecular complexity index is 420. The Kier molecular flexibility index (Phi) is 6.86. The van der Waals surface area contributed by atoms with Gasteiger partial charge in [0.2, 0.25) is 0 Å². The summed E-state index contributed by atoms with van der Waals surface area (Å²) in [5.41, 5.74) is 0.496. The van der Waals surface area contributed by atoms with Crippen LogP contribution in [0.1, 0.15) is 31.9 Å². The molecule has 2 nitrogen and oxygen atoms in total. The van der Waals surface area contributed by atoms with Crippen molar-refractivity contribution in [3.8, 4) is 0 Å². The highest BCUT2D eigenvalue weighted by Gasteiger charge is 2.25. The lowest BCUT2D eigenvalue weighted by atomic mass is 9.94. The molecule has 1 heterocycles. The van der Waals surface area contributed by atoms with Crippen molar-refractivity contribution in [2.75, 3.05) is 26.2 Å². The fraction of sp³-hybridized carbons (Fsp3) is 0.600. The van der Waals surface area contributed by atoms with Gasteiger partial charge in [-0.2, -0.15) is 0 Å². The van der Waals surface area contributed by atoms with Crippen LogP contribution in [-0.4, -0.2) is 31.1 Å². The van der Waals surface area contributed by atoms with Crippen molar-refractivity contribution in [2.45, 2.75) is 26.3 Å². The lowest BCUT2D eigenvalue weighted by Gasteiger charge is -2.36. The van der Waals surface area contributed by atoms with Crippen molar-refractivity contribution in [3.05, 3.63) is 35.4 Å². The molecule has 0 bridgehead atoms. The van der Waals surface area contributed by atoms with Crippen molar-refractivity contribution in [1.82, 2.24) is 10.2 Å². The quantitative estimate of drug-likeness (QED) is 0.917. The van der Waals surface area contributed by atoms with Crippen molar-refractivity contribution < 1.29 is 8.78 Å². The molecule has 1 aliphatic heterocycles. The molecular weight excluding hydrogens is 282 g/mol. The van der Waals surface area contributed by atoms with Crippen LogP contribution in [-0.2, 0) is 0 Å². The molecule has 0 saturated carbocycles. The van der Waals surface area contributed by atoms with Gasteiger partial charge in [-0.05, 0) is 30.5 Å². The van der Waals surface area contributed by atoms with Gasteiger partial charge in [-0.1, -0.05) is 13.8 Å². The summed E-state index contributed by atoms with van der Waals surface area (Å²) in [5, 5.41) is 3.29. The van der Waals surface area contributed by atoms with Crippen LogP contribution in [0.25, 0.3) is 0 Å². The van der Waals surface area contributed by atoms with Crippen LogP contribution >= 0.6 is 12.4 Å². The monoisotopic (exact) mass is 304 g/mol. The molecule has 1 atom stereocenters. The summed E-state index contributed by atoms with van der Waals surface area (Å²) < 4.78 is 27.4. The lowest BCUT2D eigenvalue weighted by Crippen LogP contribution is -2.45. The number of piperazine rings is 1. The molecule has 5 heteroatoms. The minimum atomic E-state index is -0.361. The van der Waals surface area contributed by atoms with E-state index >= 15 is 0 Å². The van der Waals surface area contributed by atoms with Crippen molar-refractivity contribution in [3.63, 3.8) is 0 Å². The minimum absolute atomic E-state index is 0. The normalized spacial score (nSPS) is 17.9. The zero-order valence-electron chi connectivity index (χ0n) is 12.0. The summed E-state index contributed by atoms with van der Waals surface area (Å²) in [6.07, 6.45) is 0.848. The van der Waals surface area contributed by atoms with Crippen LogP contribution in [0.3, 0.4) is 0 Å². The van der Waals surface area contributed by atoms with Gasteiger partial charge in [-0.15, -0.1) is 12.4 Å². The summed E-state index contributed by atoms with van der Waals surface area (Å²) in [4.78, 5) is 2.26. The molecule has 0 spiro atoms. The highest BCUT2D eigenvalue weighted by molar-refractivity contribution is 5.85. The van der Waals surface area contributed by atoms with E-state index in [9.17, 15) is 8.78 Å². The second-order valence-corrected chi connectivity index (χ2v) is 5.60. The van der Waals surface area contributed by atoms with Gasteiger partial charge in [0, 0.05) is 37.8 Å². The van der Waals surface area contributed by atoms with Crippen LogP contribution in [0.15, 0.2) is 18.2 Å². The Hall–Kier alpha value is -0.710. The standard InChI is InChI=1S/C15H22F2N2.ClH/c1-11(2)9-15(19-7-5-18-6-8-19)13-10-12(16)3-4-14(13)17;/h3-4,10-11,15,18H,5-9H2,1-2H3;1H/t15-;/m0./s1. The maximum Gasteiger partial charge on any atom is 0.128 e. The third kappa shape index (κ3) is 4.40. The molecule has 1 fully saturated rings. The molecule has 1 saturated heterocycles. The predicted molar refractivity (Wildman–Crippen MR) is 80.2 cm³/mol. The zero-order chi connectivity index (χ0) is 13.8. The van der Waals surface area contributed by atoms with Crippen LogP contribution in [0.2, 0.25) is 0 Å². The van der Waals surface area contributed by atoms with Crippen molar-refractivity contribution in [2.24, 2.45) is 5.92 Å². The van der Waals surface area contributed by atoms with Crippen molar-refractivity contribution in [1.29, 1.82) is 0 Å². The Morgan fingerprint density at radius 1 is 1.20 bits per heavy atom. The summed E-state index contributed by atoms with van der Waals surface area (Å²) in [7, 11) is 0. The summed E-state index contributed by atoms with van der Waals surface area (Å²) in [6, 6.07) is 3.74. The van der Waals surface area contributed by atoms with Crippen LogP contribution in [0, 0.1) is 17.6 Å².